The van der Waals surface area contributed by atoms with E-state index in [0.29, 0.717) is 0 Å². The van der Waals surface area contributed by atoms with E-state index in [1.54, 1.807) is 6.26 Å². The fourth-order valence-corrected chi connectivity index (χ4v) is 0.782. The van der Waals surface area contributed by atoms with Crippen LogP contribution in [-0.4, -0.2) is 17.9 Å². The largest absolute Gasteiger partial charge is 0.418 e. The highest BCUT2D eigenvalue weighted by Gasteiger charge is 1.98. The molecule has 2 nitrogen and oxygen atoms in total. The Morgan fingerprint density at radius 2 is 2.71 bits per heavy atom. The summed E-state index contributed by atoms with van der Waals surface area (Å²) in [6, 6.07) is 0. The van der Waals surface area contributed by atoms with Crippen LogP contribution < -0.4 is 0 Å². The fourth-order valence-electron chi connectivity index (χ4n) is 0.359. The molecular formula is C4H7NOS. The van der Waals surface area contributed by atoms with Crippen molar-refractivity contribution in [1.82, 2.24) is 4.31 Å². The number of hydrogen-bond acceptors (Lipinski definition) is 3. The second-order valence-corrected chi connectivity index (χ2v) is 2.32. The zero-order valence-electron chi connectivity index (χ0n) is 4.13. The van der Waals surface area contributed by atoms with Gasteiger partial charge in [0.05, 0.1) is 0 Å². The van der Waals surface area contributed by atoms with Crippen LogP contribution in [0.15, 0.2) is 12.3 Å². The normalized spacial score (nSPS) is 21.9. The molecule has 1 heterocycles. The van der Waals surface area contributed by atoms with Crippen LogP contribution in [0.2, 0.25) is 0 Å². The molecule has 0 saturated carbocycles. The van der Waals surface area contributed by atoms with E-state index in [-0.39, 0.29) is 0 Å². The van der Waals surface area contributed by atoms with Crippen LogP contribution in [0.3, 0.4) is 0 Å². The standard InChI is InChI=1S/C4H7NOS/c1-5-3-2-4-6-7-5/h2,4H,3H2,1H3. The minimum absolute atomic E-state index is 0.977. The van der Waals surface area contributed by atoms with Crippen molar-refractivity contribution in [3.8, 4) is 0 Å². The molecule has 1 rings (SSSR count). The summed E-state index contributed by atoms with van der Waals surface area (Å²) in [5.41, 5.74) is 0. The molecule has 1 aliphatic heterocycles. The SMILES string of the molecule is CN1CC=COS1. The lowest BCUT2D eigenvalue weighted by molar-refractivity contribution is 0.472. The van der Waals surface area contributed by atoms with Gasteiger partial charge in [-0.1, -0.05) is 0 Å². The second kappa shape index (κ2) is 2.23. The topological polar surface area (TPSA) is 12.5 Å². The van der Waals surface area contributed by atoms with Crippen molar-refractivity contribution in [2.24, 2.45) is 0 Å². The van der Waals surface area contributed by atoms with Crippen LogP contribution in [0.25, 0.3) is 0 Å². The number of rotatable bonds is 0. The summed E-state index contributed by atoms with van der Waals surface area (Å²) < 4.78 is 6.84. The van der Waals surface area contributed by atoms with Crippen LogP contribution in [0.5, 0.6) is 0 Å². The molecule has 0 aromatic rings. The summed E-state index contributed by atoms with van der Waals surface area (Å²) in [5, 5.41) is 0. The molecule has 0 aromatic heterocycles. The Morgan fingerprint density at radius 1 is 1.86 bits per heavy atom. The molecular weight excluding hydrogens is 110 g/mol. The van der Waals surface area contributed by atoms with Gasteiger partial charge in [0.15, 0.2) is 0 Å². The maximum Gasteiger partial charge on any atom is 0.146 e. The van der Waals surface area contributed by atoms with E-state index >= 15 is 0 Å². The van der Waals surface area contributed by atoms with Crippen LogP contribution in [0.1, 0.15) is 0 Å². The maximum absolute atomic E-state index is 4.84. The van der Waals surface area contributed by atoms with Gasteiger partial charge in [-0.2, -0.15) is 0 Å². The first kappa shape index (κ1) is 5.00. The van der Waals surface area contributed by atoms with E-state index in [9.17, 15) is 0 Å². The first-order valence-electron chi connectivity index (χ1n) is 2.09. The van der Waals surface area contributed by atoms with E-state index in [0.717, 1.165) is 6.54 Å². The highest BCUT2D eigenvalue weighted by atomic mass is 32.2. The maximum atomic E-state index is 4.84. The van der Waals surface area contributed by atoms with E-state index in [2.05, 4.69) is 0 Å². The summed E-state index contributed by atoms with van der Waals surface area (Å²) in [6.07, 6.45) is 3.67. The molecule has 0 bridgehead atoms. The summed E-state index contributed by atoms with van der Waals surface area (Å²) in [7, 11) is 1.98. The van der Waals surface area contributed by atoms with Crippen molar-refractivity contribution in [2.75, 3.05) is 13.6 Å². The summed E-state index contributed by atoms with van der Waals surface area (Å²) in [6.45, 7) is 0.977. The molecule has 0 aliphatic carbocycles. The monoisotopic (exact) mass is 117 g/mol. The van der Waals surface area contributed by atoms with Gasteiger partial charge in [0.1, 0.15) is 18.5 Å². The Morgan fingerprint density at radius 3 is 3.00 bits per heavy atom. The van der Waals surface area contributed by atoms with Crippen LogP contribution in [0, 0.1) is 0 Å². The third-order valence-electron chi connectivity index (χ3n) is 0.685. The van der Waals surface area contributed by atoms with Gasteiger partial charge in [-0.3, -0.25) is 0 Å². The molecule has 0 saturated heterocycles. The van der Waals surface area contributed by atoms with Gasteiger partial charge < -0.3 is 4.18 Å². The molecule has 0 fully saturated rings. The molecule has 0 aromatic carbocycles. The van der Waals surface area contributed by atoms with Crippen molar-refractivity contribution in [3.05, 3.63) is 12.3 Å². The molecule has 0 N–H and O–H groups in total. The molecule has 0 spiro atoms. The summed E-state index contributed by atoms with van der Waals surface area (Å²) in [5.74, 6) is 0. The Bertz CT molecular complexity index is 83.8. The highest BCUT2D eigenvalue weighted by molar-refractivity contribution is 7.92. The van der Waals surface area contributed by atoms with Crippen LogP contribution >= 0.6 is 12.2 Å². The van der Waals surface area contributed by atoms with Crippen LogP contribution in [0.4, 0.5) is 0 Å². The number of likely N-dealkylation sites (N-methyl/N-ethyl adjacent to an activating group) is 1. The minimum atomic E-state index is 0.977. The lowest BCUT2D eigenvalue weighted by atomic mass is 10.6. The van der Waals surface area contributed by atoms with Gasteiger partial charge in [0.2, 0.25) is 0 Å². The quantitative estimate of drug-likeness (QED) is 0.347. The average molecular weight is 117 g/mol. The molecule has 1 aliphatic rings. The van der Waals surface area contributed by atoms with Gasteiger partial charge in [-0.05, 0) is 6.08 Å². The lowest BCUT2D eigenvalue weighted by Gasteiger charge is -2.13. The van der Waals surface area contributed by atoms with Crippen molar-refractivity contribution in [1.29, 1.82) is 0 Å². The fraction of sp³-hybridized carbons (Fsp3) is 0.500. The first-order chi connectivity index (χ1) is 3.39. The number of nitrogens with zero attached hydrogens (tertiary/aromatic N) is 1. The zero-order chi connectivity index (χ0) is 5.11. The molecule has 0 atom stereocenters. The van der Waals surface area contributed by atoms with Gasteiger partial charge in [0, 0.05) is 13.6 Å². The minimum Gasteiger partial charge on any atom is -0.418 e. The predicted molar refractivity (Wildman–Crippen MR) is 30.4 cm³/mol. The molecule has 7 heavy (non-hydrogen) atoms. The molecule has 0 unspecified atom stereocenters. The first-order valence-corrected chi connectivity index (χ1v) is 2.79. The van der Waals surface area contributed by atoms with E-state index < -0.39 is 0 Å². The lowest BCUT2D eigenvalue weighted by Crippen LogP contribution is -2.10. The molecule has 40 valence electrons. The van der Waals surface area contributed by atoms with Crippen molar-refractivity contribution >= 4 is 12.2 Å². The van der Waals surface area contributed by atoms with Crippen molar-refractivity contribution in [3.63, 3.8) is 0 Å². The molecule has 3 heteroatoms. The molecule has 0 amide bonds. The zero-order valence-corrected chi connectivity index (χ0v) is 4.94. The Labute approximate surface area is 47.5 Å². The summed E-state index contributed by atoms with van der Waals surface area (Å²) in [4.78, 5) is 0. The van der Waals surface area contributed by atoms with E-state index in [1.165, 1.54) is 12.2 Å². The highest BCUT2D eigenvalue weighted by Crippen LogP contribution is 2.12. The van der Waals surface area contributed by atoms with Gasteiger partial charge >= 0.3 is 0 Å². The Kier molecular flexibility index (Phi) is 1.59. The van der Waals surface area contributed by atoms with E-state index in [1.807, 2.05) is 17.4 Å². The molecule has 0 radical (unpaired) electrons. The van der Waals surface area contributed by atoms with Gasteiger partial charge in [-0.15, -0.1) is 0 Å². The summed E-state index contributed by atoms with van der Waals surface area (Å²) >= 11 is 1.36. The smallest absolute Gasteiger partial charge is 0.146 e. The Balaban J connectivity index is 2.32. The third kappa shape index (κ3) is 1.41. The predicted octanol–water partition coefficient (Wildman–Crippen LogP) is 1.03. The van der Waals surface area contributed by atoms with Crippen LogP contribution in [-0.2, 0) is 4.18 Å². The second-order valence-electron chi connectivity index (χ2n) is 1.35. The van der Waals surface area contributed by atoms with Gasteiger partial charge in [-0.25, -0.2) is 4.31 Å². The Hall–Kier alpha value is -0.150. The van der Waals surface area contributed by atoms with Crippen molar-refractivity contribution < 1.29 is 4.18 Å². The van der Waals surface area contributed by atoms with Gasteiger partial charge in [0.25, 0.3) is 0 Å². The van der Waals surface area contributed by atoms with Crippen molar-refractivity contribution in [2.45, 2.75) is 0 Å². The van der Waals surface area contributed by atoms with E-state index in [4.69, 9.17) is 4.18 Å². The average Bonchev–Trinajstić information content (AvgIpc) is 1.69. The third-order valence-corrected chi connectivity index (χ3v) is 1.29. The number of hydrogen-bond donors (Lipinski definition) is 0.